The largest absolute Gasteiger partial charge is 0.353 e. The van der Waals surface area contributed by atoms with Gasteiger partial charge in [-0.05, 0) is 31.5 Å². The van der Waals surface area contributed by atoms with E-state index in [1.165, 1.54) is 11.1 Å². The number of hydrogen-bond acceptors (Lipinski definition) is 3. The first-order valence-corrected chi connectivity index (χ1v) is 7.63. The summed E-state index contributed by atoms with van der Waals surface area (Å²) in [5, 5.41) is 8.49. The molecule has 1 heterocycles. The summed E-state index contributed by atoms with van der Waals surface area (Å²) in [5.74, 6) is -0.173. The number of nitrogens with one attached hydrogen (secondary N) is 3. The molecule has 1 unspecified atom stereocenters. The highest BCUT2D eigenvalue weighted by Crippen LogP contribution is 2.18. The fourth-order valence-electron chi connectivity index (χ4n) is 2.37. The van der Waals surface area contributed by atoms with E-state index in [1.807, 2.05) is 32.2 Å². The van der Waals surface area contributed by atoms with E-state index in [4.69, 9.17) is 0 Å². The van der Waals surface area contributed by atoms with Gasteiger partial charge in [0.05, 0.1) is 6.54 Å². The summed E-state index contributed by atoms with van der Waals surface area (Å²) in [7, 11) is 1.84. The van der Waals surface area contributed by atoms with Crippen LogP contribution in [0.15, 0.2) is 24.3 Å². The number of nitrogens with zero attached hydrogens (tertiary/aromatic N) is 1. The lowest BCUT2D eigenvalue weighted by molar-refractivity contribution is -0.120. The molecule has 0 aromatic heterocycles. The quantitative estimate of drug-likeness (QED) is 0.741. The van der Waals surface area contributed by atoms with Gasteiger partial charge in [0.15, 0.2) is 0 Å². The number of carbonyl (C=O) groups excluding carboxylic acids is 2. The van der Waals surface area contributed by atoms with Crippen LogP contribution in [0, 0.1) is 0 Å². The van der Waals surface area contributed by atoms with Crippen molar-refractivity contribution in [3.63, 3.8) is 0 Å². The lowest BCUT2D eigenvalue weighted by Crippen LogP contribution is -2.47. The van der Waals surface area contributed by atoms with Gasteiger partial charge in [0.1, 0.15) is 0 Å². The molecule has 0 fully saturated rings. The second-order valence-electron chi connectivity index (χ2n) is 5.59. The van der Waals surface area contributed by atoms with Crippen LogP contribution in [0.25, 0.3) is 0 Å². The van der Waals surface area contributed by atoms with Crippen molar-refractivity contribution in [1.29, 1.82) is 0 Å². The van der Waals surface area contributed by atoms with Crippen molar-refractivity contribution < 1.29 is 9.59 Å². The van der Waals surface area contributed by atoms with Crippen LogP contribution in [0.4, 0.5) is 4.79 Å². The van der Waals surface area contributed by atoms with Crippen LogP contribution in [-0.2, 0) is 17.8 Å². The summed E-state index contributed by atoms with van der Waals surface area (Å²) >= 11 is 0. The Bertz CT molecular complexity index is 533. The maximum atomic E-state index is 12.1. The van der Waals surface area contributed by atoms with E-state index in [0.717, 1.165) is 6.42 Å². The number of amides is 3. The Labute approximate surface area is 131 Å². The van der Waals surface area contributed by atoms with E-state index < -0.39 is 0 Å². The highest BCUT2D eigenvalue weighted by atomic mass is 16.2. The van der Waals surface area contributed by atoms with E-state index in [9.17, 15) is 9.59 Å². The van der Waals surface area contributed by atoms with Crippen molar-refractivity contribution in [2.75, 3.05) is 26.7 Å². The zero-order valence-electron chi connectivity index (χ0n) is 13.2. The summed E-state index contributed by atoms with van der Waals surface area (Å²) in [5.41, 5.74) is 2.47. The summed E-state index contributed by atoms with van der Waals surface area (Å²) in [4.78, 5) is 25.5. The first-order chi connectivity index (χ1) is 10.6. The second kappa shape index (κ2) is 7.79. The smallest absolute Gasteiger partial charge is 0.318 e. The molecule has 0 aliphatic carbocycles. The van der Waals surface area contributed by atoms with Crippen LogP contribution in [0.1, 0.15) is 18.1 Å². The maximum absolute atomic E-state index is 12.1. The third-order valence-corrected chi connectivity index (χ3v) is 3.92. The van der Waals surface area contributed by atoms with Crippen molar-refractivity contribution in [3.8, 4) is 0 Å². The van der Waals surface area contributed by atoms with Gasteiger partial charge in [-0.1, -0.05) is 24.3 Å². The zero-order chi connectivity index (χ0) is 15.9. The third kappa shape index (κ3) is 4.46. The molecule has 1 atom stereocenters. The summed E-state index contributed by atoms with van der Waals surface area (Å²) in [6.07, 6.45) is 0.857. The van der Waals surface area contributed by atoms with Gasteiger partial charge in [-0.3, -0.25) is 4.79 Å². The van der Waals surface area contributed by atoms with Gasteiger partial charge in [0.25, 0.3) is 0 Å². The number of benzene rings is 1. The fourth-order valence-corrected chi connectivity index (χ4v) is 2.37. The number of fused-ring (bicyclic) bond motifs is 1. The zero-order valence-corrected chi connectivity index (χ0v) is 13.2. The Kier molecular flexibility index (Phi) is 5.77. The molecule has 1 aromatic carbocycles. The van der Waals surface area contributed by atoms with Crippen LogP contribution in [0.2, 0.25) is 0 Å². The van der Waals surface area contributed by atoms with E-state index >= 15 is 0 Å². The minimum atomic E-state index is -0.189. The number of rotatable bonds is 5. The van der Waals surface area contributed by atoms with Crippen LogP contribution in [-0.4, -0.2) is 49.6 Å². The molecular formula is C16H24N4O2. The van der Waals surface area contributed by atoms with Gasteiger partial charge in [0, 0.05) is 25.7 Å². The summed E-state index contributed by atoms with van der Waals surface area (Å²) in [6.45, 7) is 3.81. The molecule has 1 aromatic rings. The van der Waals surface area contributed by atoms with Crippen LogP contribution >= 0.6 is 0 Å². The normalized spacial score (nSPS) is 14.9. The molecule has 0 bridgehead atoms. The average Bonchev–Trinajstić information content (AvgIpc) is 2.56. The van der Waals surface area contributed by atoms with Crippen molar-refractivity contribution in [1.82, 2.24) is 20.9 Å². The minimum absolute atomic E-state index is 0.00736. The molecule has 0 saturated carbocycles. The van der Waals surface area contributed by atoms with Gasteiger partial charge in [0.2, 0.25) is 5.91 Å². The van der Waals surface area contributed by atoms with Crippen LogP contribution in [0.5, 0.6) is 0 Å². The molecule has 22 heavy (non-hydrogen) atoms. The van der Waals surface area contributed by atoms with Crippen molar-refractivity contribution >= 4 is 11.9 Å². The van der Waals surface area contributed by atoms with E-state index in [0.29, 0.717) is 19.6 Å². The van der Waals surface area contributed by atoms with Crippen molar-refractivity contribution in [3.05, 3.63) is 35.4 Å². The van der Waals surface area contributed by atoms with Gasteiger partial charge < -0.3 is 20.9 Å². The third-order valence-electron chi connectivity index (χ3n) is 3.92. The van der Waals surface area contributed by atoms with Gasteiger partial charge in [-0.15, -0.1) is 0 Å². The molecule has 2 rings (SSSR count). The highest BCUT2D eigenvalue weighted by molar-refractivity contribution is 5.84. The number of carbonyl (C=O) groups is 2. The van der Waals surface area contributed by atoms with E-state index in [1.54, 1.807) is 4.90 Å². The van der Waals surface area contributed by atoms with Crippen molar-refractivity contribution in [2.24, 2.45) is 0 Å². The van der Waals surface area contributed by atoms with E-state index in [-0.39, 0.29) is 24.5 Å². The molecule has 3 amide bonds. The monoisotopic (exact) mass is 304 g/mol. The molecule has 0 saturated heterocycles. The van der Waals surface area contributed by atoms with Crippen molar-refractivity contribution in [2.45, 2.75) is 25.9 Å². The van der Waals surface area contributed by atoms with Crippen LogP contribution < -0.4 is 16.0 Å². The lowest BCUT2D eigenvalue weighted by Gasteiger charge is -2.28. The number of urea groups is 1. The lowest BCUT2D eigenvalue weighted by atomic mass is 10.0. The highest BCUT2D eigenvalue weighted by Gasteiger charge is 2.20. The maximum Gasteiger partial charge on any atom is 0.318 e. The Morgan fingerprint density at radius 1 is 1.23 bits per heavy atom. The standard InChI is InChI=1S/C16H24N4O2/c1-12(17-2)9-18-15(21)10-19-16(22)20-8-7-13-5-3-4-6-14(13)11-20/h3-6,12,17H,7-11H2,1-2H3,(H,18,21)(H,19,22). The Morgan fingerprint density at radius 2 is 1.95 bits per heavy atom. The SMILES string of the molecule is CNC(C)CNC(=O)CNC(=O)N1CCc2ccccc2C1. The van der Waals surface area contributed by atoms with Crippen LogP contribution in [0.3, 0.4) is 0 Å². The predicted octanol–water partition coefficient (Wildman–Crippen LogP) is 0.478. The molecule has 1 aliphatic heterocycles. The first-order valence-electron chi connectivity index (χ1n) is 7.63. The van der Waals surface area contributed by atoms with Gasteiger partial charge >= 0.3 is 6.03 Å². The molecule has 6 heteroatoms. The molecule has 0 spiro atoms. The number of likely N-dealkylation sites (N-methyl/N-ethyl adjacent to an activating group) is 1. The molecule has 0 radical (unpaired) electrons. The second-order valence-corrected chi connectivity index (χ2v) is 5.59. The molecule has 120 valence electrons. The molecule has 1 aliphatic rings. The molecule has 3 N–H and O–H groups in total. The average molecular weight is 304 g/mol. The summed E-state index contributed by atoms with van der Waals surface area (Å²) < 4.78 is 0. The molecular weight excluding hydrogens is 280 g/mol. The minimum Gasteiger partial charge on any atom is -0.353 e. The van der Waals surface area contributed by atoms with Gasteiger partial charge in [-0.25, -0.2) is 4.79 Å². The topological polar surface area (TPSA) is 73.5 Å². The fraction of sp³-hybridized carbons (Fsp3) is 0.500. The van der Waals surface area contributed by atoms with Gasteiger partial charge in [-0.2, -0.15) is 0 Å². The predicted molar refractivity (Wildman–Crippen MR) is 85.5 cm³/mol. The summed E-state index contributed by atoms with van der Waals surface area (Å²) in [6, 6.07) is 8.16. The Hall–Kier alpha value is -2.08. The molecule has 6 nitrogen and oxygen atoms in total. The number of hydrogen-bond donors (Lipinski definition) is 3. The Balaban J connectivity index is 1.75. The first kappa shape index (κ1) is 16.3. The Morgan fingerprint density at radius 3 is 2.68 bits per heavy atom. The van der Waals surface area contributed by atoms with E-state index in [2.05, 4.69) is 22.0 Å².